The SMILES string of the molecule is Cc1ccc(C#N)c(N2C[C@@H](NS(=O)(=O)N(C)C)[C@H](C(C)C)C2)n1. The molecule has 0 spiro atoms. The van der Waals surface area contributed by atoms with Gasteiger partial charge in [-0.1, -0.05) is 13.8 Å². The van der Waals surface area contributed by atoms with Crippen LogP contribution in [0.15, 0.2) is 12.1 Å². The van der Waals surface area contributed by atoms with Crippen molar-refractivity contribution in [2.24, 2.45) is 11.8 Å². The van der Waals surface area contributed by atoms with Crippen LogP contribution in [0.1, 0.15) is 25.1 Å². The average molecular weight is 351 g/mol. The lowest BCUT2D eigenvalue weighted by atomic mass is 9.92. The van der Waals surface area contributed by atoms with Crippen LogP contribution in [0, 0.1) is 30.1 Å². The highest BCUT2D eigenvalue weighted by molar-refractivity contribution is 7.87. The van der Waals surface area contributed by atoms with E-state index in [4.69, 9.17) is 0 Å². The monoisotopic (exact) mass is 351 g/mol. The largest absolute Gasteiger partial charge is 0.354 e. The van der Waals surface area contributed by atoms with E-state index in [1.165, 1.54) is 18.4 Å². The van der Waals surface area contributed by atoms with Gasteiger partial charge in [0.2, 0.25) is 0 Å². The van der Waals surface area contributed by atoms with Crippen LogP contribution in [-0.2, 0) is 10.2 Å². The van der Waals surface area contributed by atoms with Crippen molar-refractivity contribution >= 4 is 16.0 Å². The highest BCUT2D eigenvalue weighted by Crippen LogP contribution is 2.30. The molecule has 0 aromatic carbocycles. The Labute approximate surface area is 144 Å². The minimum Gasteiger partial charge on any atom is -0.354 e. The van der Waals surface area contributed by atoms with E-state index in [-0.39, 0.29) is 12.0 Å². The van der Waals surface area contributed by atoms with E-state index >= 15 is 0 Å². The summed E-state index contributed by atoms with van der Waals surface area (Å²) in [5.41, 5.74) is 1.35. The van der Waals surface area contributed by atoms with Crippen LogP contribution in [0.4, 0.5) is 5.82 Å². The van der Waals surface area contributed by atoms with Crippen molar-refractivity contribution in [3.63, 3.8) is 0 Å². The lowest BCUT2D eigenvalue weighted by Crippen LogP contribution is -2.46. The lowest BCUT2D eigenvalue weighted by Gasteiger charge is -2.24. The zero-order valence-electron chi connectivity index (χ0n) is 14.8. The predicted molar refractivity (Wildman–Crippen MR) is 93.8 cm³/mol. The van der Waals surface area contributed by atoms with Crippen molar-refractivity contribution < 1.29 is 8.42 Å². The molecule has 1 aromatic rings. The van der Waals surface area contributed by atoms with Crippen molar-refractivity contribution in [1.29, 1.82) is 5.26 Å². The molecule has 24 heavy (non-hydrogen) atoms. The van der Waals surface area contributed by atoms with Gasteiger partial charge < -0.3 is 4.90 Å². The zero-order valence-corrected chi connectivity index (χ0v) is 15.6. The molecule has 0 unspecified atom stereocenters. The van der Waals surface area contributed by atoms with Gasteiger partial charge in [0.25, 0.3) is 10.2 Å². The van der Waals surface area contributed by atoms with Gasteiger partial charge >= 0.3 is 0 Å². The van der Waals surface area contributed by atoms with E-state index in [0.717, 1.165) is 5.69 Å². The van der Waals surface area contributed by atoms with Gasteiger partial charge in [0.1, 0.15) is 11.9 Å². The third-order valence-electron chi connectivity index (χ3n) is 4.44. The summed E-state index contributed by atoms with van der Waals surface area (Å²) in [4.78, 5) is 6.51. The Morgan fingerprint density at radius 3 is 2.58 bits per heavy atom. The van der Waals surface area contributed by atoms with Gasteiger partial charge in [0, 0.05) is 38.9 Å². The van der Waals surface area contributed by atoms with Gasteiger partial charge in [0.15, 0.2) is 0 Å². The van der Waals surface area contributed by atoms with Gasteiger partial charge in [0.05, 0.1) is 5.56 Å². The second kappa shape index (κ2) is 7.05. The van der Waals surface area contributed by atoms with Crippen LogP contribution < -0.4 is 9.62 Å². The molecule has 1 aliphatic rings. The molecule has 7 nitrogen and oxygen atoms in total. The first-order valence-corrected chi connectivity index (χ1v) is 9.42. The maximum Gasteiger partial charge on any atom is 0.279 e. The molecule has 2 rings (SSSR count). The minimum atomic E-state index is -3.51. The van der Waals surface area contributed by atoms with E-state index in [0.29, 0.717) is 30.4 Å². The van der Waals surface area contributed by atoms with Crippen LogP contribution in [0.2, 0.25) is 0 Å². The maximum absolute atomic E-state index is 12.2. The molecule has 0 radical (unpaired) electrons. The molecular weight excluding hydrogens is 326 g/mol. The van der Waals surface area contributed by atoms with Gasteiger partial charge in [-0.2, -0.15) is 22.7 Å². The fraction of sp³-hybridized carbons (Fsp3) is 0.625. The number of aryl methyl sites for hydroxylation is 1. The zero-order chi connectivity index (χ0) is 18.1. The number of pyridine rings is 1. The highest BCUT2D eigenvalue weighted by atomic mass is 32.2. The van der Waals surface area contributed by atoms with Crippen LogP contribution in [0.3, 0.4) is 0 Å². The molecule has 2 heterocycles. The van der Waals surface area contributed by atoms with Crippen molar-refractivity contribution in [2.45, 2.75) is 26.8 Å². The molecule has 1 aliphatic heterocycles. The Balaban J connectivity index is 2.31. The van der Waals surface area contributed by atoms with E-state index in [2.05, 4.69) is 29.6 Å². The molecule has 0 amide bonds. The third-order valence-corrected chi connectivity index (χ3v) is 6.00. The van der Waals surface area contributed by atoms with Crippen LogP contribution >= 0.6 is 0 Å². The summed E-state index contributed by atoms with van der Waals surface area (Å²) < 4.78 is 28.4. The van der Waals surface area contributed by atoms with Crippen LogP contribution in [0.25, 0.3) is 0 Å². The topological polar surface area (TPSA) is 89.3 Å². The van der Waals surface area contributed by atoms with Crippen molar-refractivity contribution in [1.82, 2.24) is 14.0 Å². The van der Waals surface area contributed by atoms with Crippen molar-refractivity contribution in [2.75, 3.05) is 32.1 Å². The smallest absolute Gasteiger partial charge is 0.279 e. The van der Waals surface area contributed by atoms with E-state index < -0.39 is 10.2 Å². The molecule has 8 heteroatoms. The first kappa shape index (κ1) is 18.6. The number of anilines is 1. The summed E-state index contributed by atoms with van der Waals surface area (Å²) >= 11 is 0. The Hall–Kier alpha value is -1.69. The average Bonchev–Trinajstić information content (AvgIpc) is 2.90. The molecule has 0 saturated carbocycles. The van der Waals surface area contributed by atoms with Gasteiger partial charge in [-0.3, -0.25) is 0 Å². The fourth-order valence-corrected chi connectivity index (χ4v) is 3.81. The molecule has 1 aromatic heterocycles. The Bertz CT molecular complexity index is 739. The molecular formula is C16H25N5O2S. The van der Waals surface area contributed by atoms with Crippen molar-refractivity contribution in [3.05, 3.63) is 23.4 Å². The molecule has 1 fully saturated rings. The Morgan fingerprint density at radius 2 is 2.04 bits per heavy atom. The molecule has 0 aliphatic carbocycles. The number of nitrogens with one attached hydrogen (secondary N) is 1. The fourth-order valence-electron chi connectivity index (χ4n) is 2.97. The minimum absolute atomic E-state index is 0.147. The first-order chi connectivity index (χ1) is 11.2. The maximum atomic E-state index is 12.2. The summed E-state index contributed by atoms with van der Waals surface area (Å²) in [7, 11) is -0.488. The Kier molecular flexibility index (Phi) is 5.48. The number of rotatable bonds is 5. The molecule has 0 bridgehead atoms. The molecule has 2 atom stereocenters. The van der Waals surface area contributed by atoms with E-state index in [1.807, 2.05) is 17.9 Å². The number of hydrogen-bond donors (Lipinski definition) is 1. The van der Waals surface area contributed by atoms with Gasteiger partial charge in [-0.15, -0.1) is 0 Å². The number of aromatic nitrogens is 1. The Morgan fingerprint density at radius 1 is 1.38 bits per heavy atom. The van der Waals surface area contributed by atoms with E-state index in [1.54, 1.807) is 6.07 Å². The summed E-state index contributed by atoms with van der Waals surface area (Å²) in [6.45, 7) is 7.22. The highest BCUT2D eigenvalue weighted by Gasteiger charge is 2.38. The third kappa shape index (κ3) is 3.86. The standard InChI is InChI=1S/C16H25N5O2S/c1-11(2)14-9-21(10-15(14)19-24(22,23)20(4)5)16-13(8-17)7-6-12(3)18-16/h6-7,11,14-15,19H,9-10H2,1-5H3/t14-,15+/m0/s1. The summed E-state index contributed by atoms with van der Waals surface area (Å²) in [6.07, 6.45) is 0. The molecule has 132 valence electrons. The van der Waals surface area contributed by atoms with Crippen LogP contribution in [0.5, 0.6) is 0 Å². The summed E-state index contributed by atoms with van der Waals surface area (Å²) in [6, 6.07) is 5.53. The first-order valence-electron chi connectivity index (χ1n) is 7.98. The molecule has 1 saturated heterocycles. The number of hydrogen-bond acceptors (Lipinski definition) is 5. The summed E-state index contributed by atoms with van der Waals surface area (Å²) in [5.74, 6) is 1.09. The second-order valence-corrected chi connectivity index (χ2v) is 8.68. The summed E-state index contributed by atoms with van der Waals surface area (Å²) in [5, 5.41) is 9.34. The van der Waals surface area contributed by atoms with Crippen LogP contribution in [-0.4, -0.2) is 50.9 Å². The quantitative estimate of drug-likeness (QED) is 0.858. The number of nitrogens with zero attached hydrogens (tertiary/aromatic N) is 4. The van der Waals surface area contributed by atoms with Gasteiger partial charge in [-0.05, 0) is 30.9 Å². The van der Waals surface area contributed by atoms with Gasteiger partial charge in [-0.25, -0.2) is 4.98 Å². The molecule has 1 N–H and O–H groups in total. The predicted octanol–water partition coefficient (Wildman–Crippen LogP) is 1.12. The van der Waals surface area contributed by atoms with E-state index in [9.17, 15) is 13.7 Å². The lowest BCUT2D eigenvalue weighted by molar-refractivity contribution is 0.358. The van der Waals surface area contributed by atoms with Crippen molar-refractivity contribution in [3.8, 4) is 6.07 Å². The normalized spacial score (nSPS) is 21.5. The second-order valence-electron chi connectivity index (χ2n) is 6.76. The number of nitriles is 1.